The van der Waals surface area contributed by atoms with Crippen LogP contribution in [0.15, 0.2) is 12.1 Å². The molecule has 15 heavy (non-hydrogen) atoms. The fourth-order valence-electron chi connectivity index (χ4n) is 1.90. The van der Waals surface area contributed by atoms with E-state index < -0.39 is 11.2 Å². The number of nitrogens with zero attached hydrogens (tertiary/aromatic N) is 1. The highest BCUT2D eigenvalue weighted by Crippen LogP contribution is 2.48. The highest BCUT2D eigenvalue weighted by atomic mass is 35.5. The molecule has 78 valence electrons. The standard InChI is InChI=1S/C11H9ClFNO/c12-9-5-7(13)4-8(10(9)15)11(6-14)2-1-3-11/h4-5,15H,1-3H2. The molecule has 0 amide bonds. The summed E-state index contributed by atoms with van der Waals surface area (Å²) in [7, 11) is 0. The summed E-state index contributed by atoms with van der Waals surface area (Å²) in [5.74, 6) is -0.686. The predicted molar refractivity (Wildman–Crippen MR) is 54.2 cm³/mol. The van der Waals surface area contributed by atoms with E-state index in [9.17, 15) is 9.50 Å². The molecule has 1 aliphatic rings. The highest BCUT2D eigenvalue weighted by molar-refractivity contribution is 6.32. The monoisotopic (exact) mass is 225 g/mol. The van der Waals surface area contributed by atoms with Crippen molar-refractivity contribution in [2.75, 3.05) is 0 Å². The minimum absolute atomic E-state index is 0.0356. The number of hydrogen-bond acceptors (Lipinski definition) is 2. The van der Waals surface area contributed by atoms with Crippen molar-refractivity contribution in [2.45, 2.75) is 24.7 Å². The van der Waals surface area contributed by atoms with Gasteiger partial charge in [0.1, 0.15) is 11.6 Å². The number of halogens is 2. The van der Waals surface area contributed by atoms with Crippen molar-refractivity contribution in [1.82, 2.24) is 0 Å². The second kappa shape index (κ2) is 3.39. The van der Waals surface area contributed by atoms with Crippen LogP contribution in [0, 0.1) is 17.1 Å². The summed E-state index contributed by atoms with van der Waals surface area (Å²) in [6, 6.07) is 4.38. The summed E-state index contributed by atoms with van der Waals surface area (Å²) in [5, 5.41) is 18.7. The minimum Gasteiger partial charge on any atom is -0.506 e. The van der Waals surface area contributed by atoms with E-state index >= 15 is 0 Å². The molecule has 4 heteroatoms. The first-order valence-corrected chi connectivity index (χ1v) is 5.06. The molecule has 0 radical (unpaired) electrons. The average Bonchev–Trinajstić information content (AvgIpc) is 2.12. The maximum Gasteiger partial charge on any atom is 0.139 e. The Morgan fingerprint density at radius 3 is 2.60 bits per heavy atom. The van der Waals surface area contributed by atoms with E-state index in [2.05, 4.69) is 6.07 Å². The molecule has 2 rings (SSSR count). The predicted octanol–water partition coefficient (Wildman–Crippen LogP) is 3.13. The molecule has 2 nitrogen and oxygen atoms in total. The van der Waals surface area contributed by atoms with Crippen LogP contribution >= 0.6 is 11.6 Å². The van der Waals surface area contributed by atoms with Crippen LogP contribution in [0.3, 0.4) is 0 Å². The van der Waals surface area contributed by atoms with Crippen molar-refractivity contribution >= 4 is 11.6 Å². The molecule has 0 spiro atoms. The van der Waals surface area contributed by atoms with E-state index in [1.165, 1.54) is 6.07 Å². The number of nitriles is 1. The lowest BCUT2D eigenvalue weighted by atomic mass is 9.65. The fourth-order valence-corrected chi connectivity index (χ4v) is 2.11. The van der Waals surface area contributed by atoms with Gasteiger partial charge in [0.25, 0.3) is 0 Å². The van der Waals surface area contributed by atoms with Crippen molar-refractivity contribution in [3.05, 3.63) is 28.5 Å². The summed E-state index contributed by atoms with van der Waals surface area (Å²) >= 11 is 5.66. The Hall–Kier alpha value is -1.27. The second-order valence-corrected chi connectivity index (χ2v) is 4.24. The number of phenols is 1. The van der Waals surface area contributed by atoms with Crippen molar-refractivity contribution < 1.29 is 9.50 Å². The molecule has 0 heterocycles. The molecule has 0 aliphatic heterocycles. The maximum atomic E-state index is 13.1. The van der Waals surface area contributed by atoms with E-state index in [1.54, 1.807) is 0 Å². The maximum absolute atomic E-state index is 13.1. The number of aromatic hydroxyl groups is 1. The molecule has 1 aliphatic carbocycles. The van der Waals surface area contributed by atoms with Gasteiger partial charge in [-0.25, -0.2) is 4.39 Å². The molecule has 0 bridgehead atoms. The zero-order valence-electron chi connectivity index (χ0n) is 7.93. The number of benzene rings is 1. The Kier molecular flexibility index (Phi) is 2.32. The minimum atomic E-state index is -0.740. The van der Waals surface area contributed by atoms with Gasteiger partial charge in [-0.2, -0.15) is 5.26 Å². The fraction of sp³-hybridized carbons (Fsp3) is 0.364. The summed E-state index contributed by atoms with van der Waals surface area (Å²) in [4.78, 5) is 0. The van der Waals surface area contributed by atoms with Gasteiger partial charge in [0.2, 0.25) is 0 Å². The quantitative estimate of drug-likeness (QED) is 0.798. The Bertz CT molecular complexity index is 449. The Morgan fingerprint density at radius 2 is 2.13 bits per heavy atom. The number of rotatable bonds is 1. The Labute approximate surface area is 91.9 Å². The van der Waals surface area contributed by atoms with Gasteiger partial charge in [-0.3, -0.25) is 0 Å². The zero-order chi connectivity index (χ0) is 11.1. The third-order valence-corrected chi connectivity index (χ3v) is 3.25. The topological polar surface area (TPSA) is 44.0 Å². The average molecular weight is 226 g/mol. The van der Waals surface area contributed by atoms with Gasteiger partial charge in [-0.1, -0.05) is 11.6 Å². The first-order chi connectivity index (χ1) is 7.09. The van der Waals surface area contributed by atoms with Crippen LogP contribution < -0.4 is 0 Å². The first-order valence-electron chi connectivity index (χ1n) is 4.69. The molecular formula is C11H9ClFNO. The van der Waals surface area contributed by atoms with Crippen LogP contribution in [0.1, 0.15) is 24.8 Å². The molecule has 1 aromatic rings. The zero-order valence-corrected chi connectivity index (χ0v) is 8.68. The summed E-state index contributed by atoms with van der Waals surface area (Å²) in [6.45, 7) is 0. The van der Waals surface area contributed by atoms with Gasteiger partial charge in [0, 0.05) is 5.56 Å². The van der Waals surface area contributed by atoms with Crippen molar-refractivity contribution in [1.29, 1.82) is 5.26 Å². The summed E-state index contributed by atoms with van der Waals surface area (Å²) in [6.07, 6.45) is 2.22. The molecule has 1 saturated carbocycles. The number of phenolic OH excluding ortho intramolecular Hbond substituents is 1. The van der Waals surface area contributed by atoms with E-state index in [1.807, 2.05) is 0 Å². The number of hydrogen-bond donors (Lipinski definition) is 1. The van der Waals surface area contributed by atoms with E-state index in [4.69, 9.17) is 16.9 Å². The van der Waals surface area contributed by atoms with Crippen LogP contribution in [0.5, 0.6) is 5.75 Å². The lowest BCUT2D eigenvalue weighted by Crippen LogP contribution is -2.32. The van der Waals surface area contributed by atoms with E-state index in [0.29, 0.717) is 18.4 Å². The summed E-state index contributed by atoms with van der Waals surface area (Å²) in [5.41, 5.74) is -0.420. The third-order valence-electron chi connectivity index (χ3n) is 2.96. The van der Waals surface area contributed by atoms with Gasteiger partial charge in [-0.15, -0.1) is 0 Å². The normalized spacial score (nSPS) is 17.9. The van der Waals surface area contributed by atoms with Crippen LogP contribution in [0.25, 0.3) is 0 Å². The van der Waals surface area contributed by atoms with Gasteiger partial charge < -0.3 is 5.11 Å². The highest BCUT2D eigenvalue weighted by Gasteiger charge is 2.41. The van der Waals surface area contributed by atoms with E-state index in [0.717, 1.165) is 12.5 Å². The van der Waals surface area contributed by atoms with Crippen LogP contribution in [-0.2, 0) is 5.41 Å². The van der Waals surface area contributed by atoms with Crippen molar-refractivity contribution in [3.8, 4) is 11.8 Å². The SMILES string of the molecule is N#CC1(c2cc(F)cc(Cl)c2O)CCC1. The molecular weight excluding hydrogens is 217 g/mol. The molecule has 0 unspecified atom stereocenters. The van der Waals surface area contributed by atoms with Crippen LogP contribution in [-0.4, -0.2) is 5.11 Å². The second-order valence-electron chi connectivity index (χ2n) is 3.83. The van der Waals surface area contributed by atoms with Crippen molar-refractivity contribution in [3.63, 3.8) is 0 Å². The van der Waals surface area contributed by atoms with E-state index in [-0.39, 0.29) is 10.8 Å². The molecule has 0 aromatic heterocycles. The molecule has 0 atom stereocenters. The lowest BCUT2D eigenvalue weighted by molar-refractivity contribution is 0.310. The van der Waals surface area contributed by atoms with Gasteiger partial charge in [-0.05, 0) is 31.4 Å². The van der Waals surface area contributed by atoms with Crippen LogP contribution in [0.2, 0.25) is 5.02 Å². The van der Waals surface area contributed by atoms with Gasteiger partial charge >= 0.3 is 0 Å². The van der Waals surface area contributed by atoms with Gasteiger partial charge in [0.15, 0.2) is 0 Å². The Morgan fingerprint density at radius 1 is 1.47 bits per heavy atom. The molecule has 1 aromatic carbocycles. The molecule has 1 N–H and O–H groups in total. The van der Waals surface area contributed by atoms with Crippen LogP contribution in [0.4, 0.5) is 4.39 Å². The smallest absolute Gasteiger partial charge is 0.139 e. The van der Waals surface area contributed by atoms with Crippen molar-refractivity contribution in [2.24, 2.45) is 0 Å². The molecule has 0 saturated heterocycles. The lowest BCUT2D eigenvalue weighted by Gasteiger charge is -2.36. The Balaban J connectivity index is 2.57. The molecule has 1 fully saturated rings. The first kappa shape index (κ1) is 10.3. The largest absolute Gasteiger partial charge is 0.506 e. The third kappa shape index (κ3) is 1.46. The summed E-state index contributed by atoms with van der Waals surface area (Å²) < 4.78 is 13.1. The van der Waals surface area contributed by atoms with Gasteiger partial charge in [0.05, 0.1) is 16.5 Å².